The molecule has 5 nitrogen and oxygen atoms in total. The number of halogens is 3. The average Bonchev–Trinajstić information content (AvgIpc) is 2.58. The van der Waals surface area contributed by atoms with Crippen LogP contribution in [-0.4, -0.2) is 18.6 Å². The van der Waals surface area contributed by atoms with Gasteiger partial charge in [-0.15, -0.1) is 0 Å². The molecule has 0 amide bonds. The molecule has 0 atom stereocenters. The highest BCUT2D eigenvalue weighted by Gasteiger charge is 2.25. The molecule has 0 unspecified atom stereocenters. The first kappa shape index (κ1) is 14.9. The van der Waals surface area contributed by atoms with E-state index in [4.69, 9.17) is 0 Å². The molecule has 20 heavy (non-hydrogen) atoms. The lowest BCUT2D eigenvalue weighted by Crippen LogP contribution is -2.16. The number of aryl methyl sites for hydroxylation is 1. The van der Waals surface area contributed by atoms with Crippen LogP contribution in [0.15, 0.2) is 21.5 Å². The molecule has 0 saturated carbocycles. The Morgan fingerprint density at radius 3 is 2.45 bits per heavy atom. The standard InChI is InChI=1S/C11H10BrF2N3O2S/c1-5-6(2)15-16-11(5)17-20(18,19)10-8(12)3-7(13)4-9(10)14/h3-4H,1-2H3,(H2,15,16,17). The topological polar surface area (TPSA) is 74.8 Å². The number of nitrogens with zero attached hydrogens (tertiary/aromatic N) is 1. The Bertz CT molecular complexity index is 751. The Balaban J connectivity index is 2.49. The molecule has 2 aromatic rings. The summed E-state index contributed by atoms with van der Waals surface area (Å²) in [4.78, 5) is -0.668. The maximum absolute atomic E-state index is 13.7. The predicted octanol–water partition coefficient (Wildman–Crippen LogP) is 2.87. The number of benzene rings is 1. The molecule has 0 aliphatic carbocycles. The fourth-order valence-corrected chi connectivity index (χ4v) is 3.78. The van der Waals surface area contributed by atoms with E-state index < -0.39 is 26.6 Å². The normalized spacial score (nSPS) is 11.7. The third-order valence-electron chi connectivity index (χ3n) is 2.72. The van der Waals surface area contributed by atoms with Gasteiger partial charge in [0.15, 0.2) is 5.82 Å². The third-order valence-corrected chi connectivity index (χ3v) is 5.02. The van der Waals surface area contributed by atoms with E-state index in [0.29, 0.717) is 17.3 Å². The number of sulfonamides is 1. The van der Waals surface area contributed by atoms with Gasteiger partial charge in [0.2, 0.25) is 0 Å². The minimum atomic E-state index is -4.22. The van der Waals surface area contributed by atoms with Gasteiger partial charge < -0.3 is 0 Å². The van der Waals surface area contributed by atoms with Gasteiger partial charge in [-0.3, -0.25) is 9.82 Å². The number of aromatic nitrogens is 2. The minimum absolute atomic E-state index is 0.0677. The Labute approximate surface area is 122 Å². The van der Waals surface area contributed by atoms with E-state index in [-0.39, 0.29) is 10.3 Å². The predicted molar refractivity (Wildman–Crippen MR) is 72.9 cm³/mol. The third kappa shape index (κ3) is 2.68. The Hall–Kier alpha value is -1.48. The summed E-state index contributed by atoms with van der Waals surface area (Å²) < 4.78 is 53.0. The van der Waals surface area contributed by atoms with Gasteiger partial charge in [0.1, 0.15) is 16.5 Å². The second-order valence-electron chi connectivity index (χ2n) is 4.13. The van der Waals surface area contributed by atoms with Gasteiger partial charge in [0.05, 0.1) is 0 Å². The van der Waals surface area contributed by atoms with Crippen LogP contribution in [0.25, 0.3) is 0 Å². The number of hydrogen-bond acceptors (Lipinski definition) is 3. The summed E-state index contributed by atoms with van der Waals surface area (Å²) in [6.45, 7) is 3.38. The van der Waals surface area contributed by atoms with Crippen molar-refractivity contribution >= 4 is 31.8 Å². The van der Waals surface area contributed by atoms with E-state index in [9.17, 15) is 17.2 Å². The van der Waals surface area contributed by atoms with Gasteiger partial charge in [0.25, 0.3) is 10.0 Å². The van der Waals surface area contributed by atoms with Crippen molar-refractivity contribution < 1.29 is 17.2 Å². The Kier molecular flexibility index (Phi) is 3.83. The Morgan fingerprint density at radius 2 is 1.95 bits per heavy atom. The summed E-state index contributed by atoms with van der Waals surface area (Å²) in [5.41, 5.74) is 1.27. The highest BCUT2D eigenvalue weighted by atomic mass is 79.9. The first-order valence-electron chi connectivity index (χ1n) is 5.41. The molecular formula is C11H10BrF2N3O2S. The summed E-state index contributed by atoms with van der Waals surface area (Å²) >= 11 is 2.84. The number of anilines is 1. The number of aromatic amines is 1. The van der Waals surface area contributed by atoms with Gasteiger partial charge in [0, 0.05) is 21.8 Å². The van der Waals surface area contributed by atoms with Crippen molar-refractivity contribution in [3.63, 3.8) is 0 Å². The summed E-state index contributed by atoms with van der Waals surface area (Å²) in [5, 5.41) is 6.38. The fourth-order valence-electron chi connectivity index (χ4n) is 1.55. The van der Waals surface area contributed by atoms with E-state index in [1.165, 1.54) is 0 Å². The van der Waals surface area contributed by atoms with Crippen molar-refractivity contribution in [1.82, 2.24) is 10.2 Å². The number of nitrogens with one attached hydrogen (secondary N) is 2. The molecule has 0 fully saturated rings. The number of hydrogen-bond donors (Lipinski definition) is 2. The smallest absolute Gasteiger partial charge is 0.267 e. The van der Waals surface area contributed by atoms with Crippen LogP contribution in [0.2, 0.25) is 0 Å². The average molecular weight is 366 g/mol. The summed E-state index contributed by atoms with van der Waals surface area (Å²) in [5.74, 6) is -1.99. The van der Waals surface area contributed by atoms with E-state index >= 15 is 0 Å². The van der Waals surface area contributed by atoms with Crippen LogP contribution in [0.3, 0.4) is 0 Å². The van der Waals surface area contributed by atoms with Crippen LogP contribution in [0.5, 0.6) is 0 Å². The van der Waals surface area contributed by atoms with E-state index in [1.54, 1.807) is 13.8 Å². The van der Waals surface area contributed by atoms with Crippen molar-refractivity contribution in [1.29, 1.82) is 0 Å². The molecule has 0 bridgehead atoms. The quantitative estimate of drug-likeness (QED) is 0.877. The van der Waals surface area contributed by atoms with Gasteiger partial charge in [-0.1, -0.05) is 0 Å². The largest absolute Gasteiger partial charge is 0.280 e. The zero-order valence-electron chi connectivity index (χ0n) is 10.5. The Morgan fingerprint density at radius 1 is 1.30 bits per heavy atom. The molecule has 1 aromatic heterocycles. The van der Waals surface area contributed by atoms with Crippen LogP contribution in [0.4, 0.5) is 14.6 Å². The molecule has 0 spiro atoms. The van der Waals surface area contributed by atoms with Crippen LogP contribution in [-0.2, 0) is 10.0 Å². The van der Waals surface area contributed by atoms with Crippen molar-refractivity contribution in [3.8, 4) is 0 Å². The van der Waals surface area contributed by atoms with Gasteiger partial charge in [-0.05, 0) is 35.8 Å². The molecule has 2 rings (SSSR count). The van der Waals surface area contributed by atoms with E-state index in [1.807, 2.05) is 0 Å². The van der Waals surface area contributed by atoms with Crippen LogP contribution in [0, 0.1) is 25.5 Å². The lowest BCUT2D eigenvalue weighted by atomic mass is 10.3. The molecule has 0 radical (unpaired) electrons. The minimum Gasteiger partial charge on any atom is -0.280 e. The molecule has 1 aromatic carbocycles. The monoisotopic (exact) mass is 365 g/mol. The van der Waals surface area contributed by atoms with Crippen molar-refractivity contribution in [2.75, 3.05) is 4.72 Å². The molecule has 108 valence electrons. The van der Waals surface area contributed by atoms with Gasteiger partial charge in [-0.25, -0.2) is 17.2 Å². The molecular weight excluding hydrogens is 356 g/mol. The van der Waals surface area contributed by atoms with Crippen molar-refractivity contribution in [2.45, 2.75) is 18.7 Å². The van der Waals surface area contributed by atoms with Crippen molar-refractivity contribution in [2.24, 2.45) is 0 Å². The lowest BCUT2D eigenvalue weighted by molar-refractivity contribution is 0.548. The molecule has 1 heterocycles. The van der Waals surface area contributed by atoms with Gasteiger partial charge >= 0.3 is 0 Å². The van der Waals surface area contributed by atoms with E-state index in [0.717, 1.165) is 6.07 Å². The molecule has 0 aliphatic heterocycles. The first-order chi connectivity index (χ1) is 9.22. The van der Waals surface area contributed by atoms with E-state index in [2.05, 4.69) is 30.8 Å². The fraction of sp³-hybridized carbons (Fsp3) is 0.182. The van der Waals surface area contributed by atoms with Crippen LogP contribution in [0.1, 0.15) is 11.3 Å². The highest BCUT2D eigenvalue weighted by molar-refractivity contribution is 9.10. The zero-order valence-corrected chi connectivity index (χ0v) is 12.9. The highest BCUT2D eigenvalue weighted by Crippen LogP contribution is 2.28. The second-order valence-corrected chi connectivity index (χ2v) is 6.60. The molecule has 2 N–H and O–H groups in total. The number of rotatable bonds is 3. The second kappa shape index (κ2) is 5.13. The molecule has 9 heteroatoms. The SMILES string of the molecule is Cc1[nH]nc(NS(=O)(=O)c2c(F)cc(F)cc2Br)c1C. The molecule has 0 saturated heterocycles. The maximum atomic E-state index is 13.7. The first-order valence-corrected chi connectivity index (χ1v) is 7.69. The summed E-state index contributed by atoms with van der Waals surface area (Å²) in [6, 6.07) is 1.38. The van der Waals surface area contributed by atoms with Gasteiger partial charge in [-0.2, -0.15) is 5.10 Å². The van der Waals surface area contributed by atoms with Crippen LogP contribution < -0.4 is 4.72 Å². The summed E-state index contributed by atoms with van der Waals surface area (Å²) in [7, 11) is -4.22. The summed E-state index contributed by atoms with van der Waals surface area (Å²) in [6.07, 6.45) is 0. The van der Waals surface area contributed by atoms with Crippen LogP contribution >= 0.6 is 15.9 Å². The lowest BCUT2D eigenvalue weighted by Gasteiger charge is -2.09. The maximum Gasteiger partial charge on any atom is 0.267 e. The molecule has 0 aliphatic rings. The number of H-pyrrole nitrogens is 1. The zero-order chi connectivity index (χ0) is 15.1. The van der Waals surface area contributed by atoms with Crippen molar-refractivity contribution in [3.05, 3.63) is 39.5 Å².